The Hall–Kier alpha value is -2.76. The number of carbonyl (C=O) groups excluding carboxylic acids is 2. The first-order valence-corrected chi connectivity index (χ1v) is 6.12. The predicted octanol–water partition coefficient (Wildman–Crippen LogP) is 2.57. The van der Waals surface area contributed by atoms with Crippen LogP contribution < -0.4 is 5.32 Å². The standard InChI is InChI=1S/C15H13FN2O3/c1-9-3-4-10(6-13(9)16)14(19)18-12-5-11(7-17-8-12)15(20)21-2/h3-8H,1-2H3,(H,18,19). The van der Waals surface area contributed by atoms with Crippen molar-refractivity contribution < 1.29 is 18.7 Å². The van der Waals surface area contributed by atoms with Gasteiger partial charge in [0.2, 0.25) is 0 Å². The van der Waals surface area contributed by atoms with Crippen molar-refractivity contribution in [1.82, 2.24) is 4.98 Å². The lowest BCUT2D eigenvalue weighted by Crippen LogP contribution is -2.13. The van der Waals surface area contributed by atoms with Gasteiger partial charge < -0.3 is 10.1 Å². The highest BCUT2D eigenvalue weighted by Crippen LogP contribution is 2.13. The van der Waals surface area contributed by atoms with E-state index in [4.69, 9.17) is 0 Å². The van der Waals surface area contributed by atoms with Gasteiger partial charge in [0.25, 0.3) is 5.91 Å². The number of anilines is 1. The van der Waals surface area contributed by atoms with Crippen LogP contribution in [-0.4, -0.2) is 24.0 Å². The van der Waals surface area contributed by atoms with Crippen LogP contribution in [0.1, 0.15) is 26.3 Å². The van der Waals surface area contributed by atoms with Crippen molar-refractivity contribution in [3.63, 3.8) is 0 Å². The number of benzene rings is 1. The zero-order valence-corrected chi connectivity index (χ0v) is 11.5. The average molecular weight is 288 g/mol. The van der Waals surface area contributed by atoms with E-state index >= 15 is 0 Å². The molecule has 0 unspecified atom stereocenters. The summed E-state index contributed by atoms with van der Waals surface area (Å²) in [6.45, 7) is 1.61. The first-order valence-electron chi connectivity index (χ1n) is 6.12. The zero-order valence-electron chi connectivity index (χ0n) is 11.5. The van der Waals surface area contributed by atoms with Crippen molar-refractivity contribution in [2.24, 2.45) is 0 Å². The van der Waals surface area contributed by atoms with Gasteiger partial charge in [-0.25, -0.2) is 9.18 Å². The Kier molecular flexibility index (Phi) is 4.27. The molecule has 2 aromatic rings. The molecule has 0 saturated heterocycles. The number of aromatic nitrogens is 1. The van der Waals surface area contributed by atoms with Crippen LogP contribution in [0, 0.1) is 12.7 Å². The monoisotopic (exact) mass is 288 g/mol. The van der Waals surface area contributed by atoms with Crippen molar-refractivity contribution in [2.45, 2.75) is 6.92 Å². The van der Waals surface area contributed by atoms with E-state index in [1.165, 1.54) is 37.7 Å². The third kappa shape index (κ3) is 3.42. The van der Waals surface area contributed by atoms with Gasteiger partial charge in [0.15, 0.2) is 0 Å². The second-order valence-corrected chi connectivity index (χ2v) is 4.37. The molecule has 0 fully saturated rings. The Bertz CT molecular complexity index is 701. The normalized spacial score (nSPS) is 10.0. The molecule has 0 radical (unpaired) electrons. The topological polar surface area (TPSA) is 68.3 Å². The molecule has 0 spiro atoms. The molecular weight excluding hydrogens is 275 g/mol. The summed E-state index contributed by atoms with van der Waals surface area (Å²) in [5.74, 6) is -1.50. The number of halogens is 1. The molecule has 2 rings (SSSR count). The predicted molar refractivity (Wildman–Crippen MR) is 74.7 cm³/mol. The Morgan fingerprint density at radius 3 is 2.62 bits per heavy atom. The molecule has 0 aliphatic rings. The number of pyridine rings is 1. The quantitative estimate of drug-likeness (QED) is 0.881. The number of rotatable bonds is 3. The number of aryl methyl sites for hydroxylation is 1. The fourth-order valence-corrected chi connectivity index (χ4v) is 1.68. The van der Waals surface area contributed by atoms with E-state index < -0.39 is 17.7 Å². The van der Waals surface area contributed by atoms with Crippen LogP contribution in [0.3, 0.4) is 0 Å². The van der Waals surface area contributed by atoms with E-state index in [0.717, 1.165) is 6.07 Å². The first kappa shape index (κ1) is 14.6. The Balaban J connectivity index is 2.19. The van der Waals surface area contributed by atoms with Gasteiger partial charge in [0.05, 0.1) is 24.6 Å². The molecule has 0 aliphatic heterocycles. The fraction of sp³-hybridized carbons (Fsp3) is 0.133. The van der Waals surface area contributed by atoms with E-state index in [9.17, 15) is 14.0 Å². The number of hydrogen-bond donors (Lipinski definition) is 1. The SMILES string of the molecule is COC(=O)c1cncc(NC(=O)c2ccc(C)c(F)c2)c1. The van der Waals surface area contributed by atoms with Crippen LogP contribution >= 0.6 is 0 Å². The third-order valence-electron chi connectivity index (χ3n) is 2.85. The maximum atomic E-state index is 13.4. The second kappa shape index (κ2) is 6.13. The van der Waals surface area contributed by atoms with Gasteiger partial charge in [-0.1, -0.05) is 6.07 Å². The third-order valence-corrected chi connectivity index (χ3v) is 2.85. The molecule has 5 nitrogen and oxygen atoms in total. The summed E-state index contributed by atoms with van der Waals surface area (Å²) < 4.78 is 18.0. The van der Waals surface area contributed by atoms with Gasteiger partial charge in [-0.2, -0.15) is 0 Å². The van der Waals surface area contributed by atoms with Crippen LogP contribution in [0.5, 0.6) is 0 Å². The number of methoxy groups -OCH3 is 1. The van der Waals surface area contributed by atoms with Crippen molar-refractivity contribution >= 4 is 17.6 Å². The molecule has 0 atom stereocenters. The molecule has 0 saturated carbocycles. The lowest BCUT2D eigenvalue weighted by atomic mass is 10.1. The van der Waals surface area contributed by atoms with Gasteiger partial charge in [-0.05, 0) is 30.7 Å². The van der Waals surface area contributed by atoms with Crippen LogP contribution in [0.2, 0.25) is 0 Å². The summed E-state index contributed by atoms with van der Waals surface area (Å²) in [6.07, 6.45) is 2.71. The number of hydrogen-bond acceptors (Lipinski definition) is 4. The van der Waals surface area contributed by atoms with E-state index in [-0.39, 0.29) is 11.1 Å². The highest BCUT2D eigenvalue weighted by Gasteiger charge is 2.11. The minimum Gasteiger partial charge on any atom is -0.465 e. The number of nitrogens with zero attached hydrogens (tertiary/aromatic N) is 1. The average Bonchev–Trinajstić information content (AvgIpc) is 2.49. The largest absolute Gasteiger partial charge is 0.465 e. The molecule has 1 amide bonds. The van der Waals surface area contributed by atoms with E-state index in [2.05, 4.69) is 15.0 Å². The second-order valence-electron chi connectivity index (χ2n) is 4.37. The van der Waals surface area contributed by atoms with Gasteiger partial charge in [-0.3, -0.25) is 9.78 Å². The van der Waals surface area contributed by atoms with Gasteiger partial charge in [0.1, 0.15) is 5.82 Å². The molecule has 6 heteroatoms. The molecule has 0 aliphatic carbocycles. The Morgan fingerprint density at radius 1 is 1.19 bits per heavy atom. The Labute approximate surface area is 120 Å². The number of carbonyl (C=O) groups is 2. The summed E-state index contributed by atoms with van der Waals surface area (Å²) in [5.41, 5.74) is 1.18. The minimum absolute atomic E-state index is 0.182. The van der Waals surface area contributed by atoms with Crippen molar-refractivity contribution in [3.8, 4) is 0 Å². The van der Waals surface area contributed by atoms with Crippen LogP contribution in [0.15, 0.2) is 36.7 Å². The number of nitrogens with one attached hydrogen (secondary N) is 1. The van der Waals surface area contributed by atoms with Crippen molar-refractivity contribution in [1.29, 1.82) is 0 Å². The maximum absolute atomic E-state index is 13.4. The summed E-state index contributed by atoms with van der Waals surface area (Å²) in [5, 5.41) is 2.55. The van der Waals surface area contributed by atoms with Gasteiger partial charge >= 0.3 is 5.97 Å². The van der Waals surface area contributed by atoms with E-state index in [1.807, 2.05) is 0 Å². The summed E-state index contributed by atoms with van der Waals surface area (Å²) in [4.78, 5) is 27.2. The smallest absolute Gasteiger partial charge is 0.339 e. The summed E-state index contributed by atoms with van der Waals surface area (Å²) >= 11 is 0. The molecule has 1 heterocycles. The van der Waals surface area contributed by atoms with E-state index in [1.54, 1.807) is 6.92 Å². The number of amides is 1. The molecule has 1 aromatic carbocycles. The lowest BCUT2D eigenvalue weighted by molar-refractivity contribution is 0.0600. The molecule has 0 bridgehead atoms. The van der Waals surface area contributed by atoms with Crippen molar-refractivity contribution in [3.05, 3.63) is 59.2 Å². The molecule has 1 aromatic heterocycles. The highest BCUT2D eigenvalue weighted by molar-refractivity contribution is 6.04. The molecule has 108 valence electrons. The maximum Gasteiger partial charge on any atom is 0.339 e. The summed E-state index contributed by atoms with van der Waals surface area (Å²) in [6, 6.07) is 5.63. The van der Waals surface area contributed by atoms with Crippen LogP contribution in [0.25, 0.3) is 0 Å². The summed E-state index contributed by atoms with van der Waals surface area (Å²) in [7, 11) is 1.25. The molecule has 1 N–H and O–H groups in total. The lowest BCUT2D eigenvalue weighted by Gasteiger charge is -2.07. The van der Waals surface area contributed by atoms with Gasteiger partial charge in [-0.15, -0.1) is 0 Å². The number of ether oxygens (including phenoxy) is 1. The van der Waals surface area contributed by atoms with E-state index in [0.29, 0.717) is 11.3 Å². The van der Waals surface area contributed by atoms with Gasteiger partial charge in [0, 0.05) is 11.8 Å². The highest BCUT2D eigenvalue weighted by atomic mass is 19.1. The zero-order chi connectivity index (χ0) is 15.4. The minimum atomic E-state index is -0.556. The Morgan fingerprint density at radius 2 is 1.95 bits per heavy atom. The van der Waals surface area contributed by atoms with Crippen molar-refractivity contribution in [2.75, 3.05) is 12.4 Å². The number of esters is 1. The fourth-order valence-electron chi connectivity index (χ4n) is 1.68. The van der Waals surface area contributed by atoms with Crippen LogP contribution in [0.4, 0.5) is 10.1 Å². The van der Waals surface area contributed by atoms with Crippen LogP contribution in [-0.2, 0) is 4.74 Å². The molecular formula is C15H13FN2O3. The molecule has 21 heavy (non-hydrogen) atoms. The first-order chi connectivity index (χ1) is 10.0.